The van der Waals surface area contributed by atoms with Crippen molar-refractivity contribution in [3.05, 3.63) is 54.7 Å². The SMILES string of the molecule is NN(C(=O)c1cnccn1)c1cnc2ccccc2n1. The fourth-order valence-electron chi connectivity index (χ4n) is 1.70. The molecule has 98 valence electrons. The Morgan fingerprint density at radius 2 is 1.85 bits per heavy atom. The fraction of sp³-hybridized carbons (Fsp3) is 0. The van der Waals surface area contributed by atoms with Gasteiger partial charge in [-0.15, -0.1) is 0 Å². The van der Waals surface area contributed by atoms with Gasteiger partial charge in [-0.2, -0.15) is 0 Å². The summed E-state index contributed by atoms with van der Waals surface area (Å²) in [6.45, 7) is 0. The molecule has 0 unspecified atom stereocenters. The minimum Gasteiger partial charge on any atom is -0.265 e. The summed E-state index contributed by atoms with van der Waals surface area (Å²) < 4.78 is 0. The Morgan fingerprint density at radius 1 is 1.05 bits per heavy atom. The van der Waals surface area contributed by atoms with E-state index in [2.05, 4.69) is 19.9 Å². The summed E-state index contributed by atoms with van der Waals surface area (Å²) in [7, 11) is 0. The molecule has 0 bridgehead atoms. The van der Waals surface area contributed by atoms with Gasteiger partial charge >= 0.3 is 0 Å². The van der Waals surface area contributed by atoms with E-state index in [4.69, 9.17) is 5.84 Å². The van der Waals surface area contributed by atoms with Gasteiger partial charge in [0, 0.05) is 12.4 Å². The van der Waals surface area contributed by atoms with Crippen LogP contribution in [-0.4, -0.2) is 25.8 Å². The molecule has 7 heteroatoms. The summed E-state index contributed by atoms with van der Waals surface area (Å²) >= 11 is 0. The van der Waals surface area contributed by atoms with E-state index in [1.54, 1.807) is 6.07 Å². The normalized spacial score (nSPS) is 10.4. The predicted octanol–water partition coefficient (Wildman–Crippen LogP) is 0.940. The first kappa shape index (κ1) is 12.1. The van der Waals surface area contributed by atoms with Crippen molar-refractivity contribution in [2.45, 2.75) is 0 Å². The van der Waals surface area contributed by atoms with Crippen LogP contribution in [0.2, 0.25) is 0 Å². The number of para-hydroxylation sites is 2. The third-order valence-corrected chi connectivity index (χ3v) is 2.68. The van der Waals surface area contributed by atoms with Crippen LogP contribution in [0.15, 0.2) is 49.1 Å². The molecule has 7 nitrogen and oxygen atoms in total. The maximum atomic E-state index is 12.1. The molecule has 0 aliphatic heterocycles. The smallest absolute Gasteiger partial charge is 0.265 e. The second-order valence-electron chi connectivity index (χ2n) is 3.98. The number of hydrogen-bond acceptors (Lipinski definition) is 6. The van der Waals surface area contributed by atoms with E-state index in [1.165, 1.54) is 24.8 Å². The monoisotopic (exact) mass is 266 g/mol. The number of benzene rings is 1. The van der Waals surface area contributed by atoms with Crippen LogP contribution >= 0.6 is 0 Å². The van der Waals surface area contributed by atoms with E-state index in [-0.39, 0.29) is 11.5 Å². The van der Waals surface area contributed by atoms with Gasteiger partial charge in [-0.3, -0.25) is 14.8 Å². The highest BCUT2D eigenvalue weighted by Gasteiger charge is 2.17. The number of fused-ring (bicyclic) bond motifs is 1. The summed E-state index contributed by atoms with van der Waals surface area (Å²) in [5.41, 5.74) is 1.54. The molecular formula is C13H10N6O. The van der Waals surface area contributed by atoms with Crippen molar-refractivity contribution in [3.8, 4) is 0 Å². The van der Waals surface area contributed by atoms with Gasteiger partial charge in [0.2, 0.25) is 0 Å². The lowest BCUT2D eigenvalue weighted by molar-refractivity contribution is 0.0981. The van der Waals surface area contributed by atoms with Gasteiger partial charge in [0.25, 0.3) is 5.91 Å². The molecule has 0 aliphatic rings. The van der Waals surface area contributed by atoms with Gasteiger partial charge in [0.1, 0.15) is 5.69 Å². The Bertz CT molecular complexity index is 761. The molecule has 2 heterocycles. The van der Waals surface area contributed by atoms with Crippen LogP contribution in [0.3, 0.4) is 0 Å². The lowest BCUT2D eigenvalue weighted by Crippen LogP contribution is -2.38. The standard InChI is InChI=1S/C13H10N6O/c14-19(13(20)11-7-15-5-6-16-11)12-8-17-9-3-1-2-4-10(9)18-12/h1-8H,14H2. The molecule has 3 aromatic rings. The van der Waals surface area contributed by atoms with Gasteiger partial charge in [-0.25, -0.2) is 20.8 Å². The molecular weight excluding hydrogens is 256 g/mol. The number of amides is 1. The first-order valence-electron chi connectivity index (χ1n) is 5.82. The number of carbonyl (C=O) groups excluding carboxylic acids is 1. The molecule has 0 fully saturated rings. The van der Waals surface area contributed by atoms with Gasteiger partial charge < -0.3 is 0 Å². The van der Waals surface area contributed by atoms with Crippen molar-refractivity contribution in [1.29, 1.82) is 0 Å². The van der Waals surface area contributed by atoms with Crippen LogP contribution in [0.5, 0.6) is 0 Å². The fourth-order valence-corrected chi connectivity index (χ4v) is 1.70. The van der Waals surface area contributed by atoms with Crippen LogP contribution in [0, 0.1) is 0 Å². The molecule has 3 rings (SSSR count). The summed E-state index contributed by atoms with van der Waals surface area (Å²) in [5.74, 6) is 5.53. The lowest BCUT2D eigenvalue weighted by atomic mass is 10.3. The first-order chi connectivity index (χ1) is 9.75. The minimum absolute atomic E-state index is 0.143. The van der Waals surface area contributed by atoms with Gasteiger partial charge in [0.15, 0.2) is 5.82 Å². The van der Waals surface area contributed by atoms with Crippen LogP contribution in [0.1, 0.15) is 10.5 Å². The number of nitrogens with zero attached hydrogens (tertiary/aromatic N) is 5. The van der Waals surface area contributed by atoms with E-state index in [0.29, 0.717) is 5.52 Å². The number of hydrogen-bond donors (Lipinski definition) is 1. The highest BCUT2D eigenvalue weighted by atomic mass is 16.2. The average molecular weight is 266 g/mol. The van der Waals surface area contributed by atoms with E-state index >= 15 is 0 Å². The second-order valence-corrected chi connectivity index (χ2v) is 3.98. The first-order valence-corrected chi connectivity index (χ1v) is 5.82. The quantitative estimate of drug-likeness (QED) is 0.421. The number of anilines is 1. The maximum Gasteiger partial charge on any atom is 0.294 e. The molecule has 0 atom stereocenters. The molecule has 1 aromatic carbocycles. The van der Waals surface area contributed by atoms with Crippen LogP contribution in [-0.2, 0) is 0 Å². The number of hydrazine groups is 1. The van der Waals surface area contributed by atoms with Crippen LogP contribution in [0.25, 0.3) is 11.0 Å². The van der Waals surface area contributed by atoms with E-state index in [1.807, 2.05) is 18.2 Å². The summed E-state index contributed by atoms with van der Waals surface area (Å²) in [5, 5.41) is 0.906. The van der Waals surface area contributed by atoms with Gasteiger partial charge in [0.05, 0.1) is 23.4 Å². The lowest BCUT2D eigenvalue weighted by Gasteiger charge is -2.14. The highest BCUT2D eigenvalue weighted by Crippen LogP contribution is 2.14. The third kappa shape index (κ3) is 2.17. The van der Waals surface area contributed by atoms with Crippen molar-refractivity contribution in [2.75, 3.05) is 5.01 Å². The van der Waals surface area contributed by atoms with Gasteiger partial charge in [-0.1, -0.05) is 12.1 Å². The van der Waals surface area contributed by atoms with Crippen molar-refractivity contribution in [2.24, 2.45) is 5.84 Å². The average Bonchev–Trinajstić information content (AvgIpc) is 2.54. The Morgan fingerprint density at radius 3 is 2.60 bits per heavy atom. The second kappa shape index (κ2) is 4.98. The number of nitrogens with two attached hydrogens (primary N) is 1. The molecule has 20 heavy (non-hydrogen) atoms. The Labute approximate surface area is 114 Å². The van der Waals surface area contributed by atoms with Crippen molar-refractivity contribution < 1.29 is 4.79 Å². The van der Waals surface area contributed by atoms with Crippen molar-refractivity contribution >= 4 is 22.8 Å². The third-order valence-electron chi connectivity index (χ3n) is 2.68. The van der Waals surface area contributed by atoms with Crippen molar-refractivity contribution in [3.63, 3.8) is 0 Å². The zero-order chi connectivity index (χ0) is 13.9. The number of aromatic nitrogens is 4. The minimum atomic E-state index is -0.498. The molecule has 0 saturated heterocycles. The molecule has 0 radical (unpaired) electrons. The summed E-state index contributed by atoms with van der Waals surface area (Å²) in [6, 6.07) is 7.33. The Kier molecular flexibility index (Phi) is 3.02. The van der Waals surface area contributed by atoms with E-state index in [9.17, 15) is 4.79 Å². The van der Waals surface area contributed by atoms with Crippen LogP contribution < -0.4 is 10.9 Å². The Hall–Kier alpha value is -2.93. The maximum absolute atomic E-state index is 12.1. The molecule has 1 amide bonds. The topological polar surface area (TPSA) is 97.9 Å². The summed E-state index contributed by atoms with van der Waals surface area (Å²) in [6.07, 6.45) is 5.69. The van der Waals surface area contributed by atoms with Crippen LogP contribution in [0.4, 0.5) is 5.82 Å². The predicted molar refractivity (Wildman–Crippen MR) is 72.6 cm³/mol. The molecule has 2 aromatic heterocycles. The molecule has 0 saturated carbocycles. The number of rotatable bonds is 2. The van der Waals surface area contributed by atoms with Gasteiger partial charge in [-0.05, 0) is 12.1 Å². The van der Waals surface area contributed by atoms with E-state index < -0.39 is 5.91 Å². The zero-order valence-electron chi connectivity index (χ0n) is 10.3. The van der Waals surface area contributed by atoms with E-state index in [0.717, 1.165) is 10.5 Å². The largest absolute Gasteiger partial charge is 0.294 e. The summed E-state index contributed by atoms with van der Waals surface area (Å²) in [4.78, 5) is 28.3. The molecule has 0 spiro atoms. The molecule has 2 N–H and O–H groups in total. The highest BCUT2D eigenvalue weighted by molar-refractivity contribution is 6.03. The Balaban J connectivity index is 1.96. The number of carbonyl (C=O) groups is 1. The van der Waals surface area contributed by atoms with Crippen molar-refractivity contribution in [1.82, 2.24) is 19.9 Å². The molecule has 0 aliphatic carbocycles. The zero-order valence-corrected chi connectivity index (χ0v) is 10.3.